The number of hydrogen-bond donors (Lipinski definition) is 2. The maximum absolute atomic E-state index is 12.7. The first-order chi connectivity index (χ1) is 15.6. The third-order valence-corrected chi connectivity index (χ3v) is 4.10. The van der Waals surface area contributed by atoms with Crippen molar-refractivity contribution >= 4 is 23.2 Å². The van der Waals surface area contributed by atoms with Gasteiger partial charge in [0, 0.05) is 24.4 Å². The number of alkyl halides is 3. The van der Waals surface area contributed by atoms with E-state index in [0.717, 1.165) is 18.2 Å². The molecule has 0 spiro atoms. The molecule has 178 valence electrons. The highest BCUT2D eigenvalue weighted by Crippen LogP contribution is 2.35. The topological polar surface area (TPSA) is 129 Å². The second kappa shape index (κ2) is 11.1. The van der Waals surface area contributed by atoms with Crippen LogP contribution in [0, 0.1) is 10.1 Å². The van der Waals surface area contributed by atoms with Gasteiger partial charge in [0.05, 0.1) is 24.7 Å². The predicted molar refractivity (Wildman–Crippen MR) is 110 cm³/mol. The Kier molecular flexibility index (Phi) is 8.56. The summed E-state index contributed by atoms with van der Waals surface area (Å²) < 4.78 is 52.3. The molecular weight excluding hydrogens is 451 g/mol. The number of carbonyl (C=O) groups is 2. The van der Waals surface area contributed by atoms with E-state index in [1.807, 2.05) is 0 Å². The maximum Gasteiger partial charge on any atom is 0.405 e. The van der Waals surface area contributed by atoms with Gasteiger partial charge in [-0.3, -0.25) is 19.7 Å². The third-order valence-electron chi connectivity index (χ3n) is 4.10. The highest BCUT2D eigenvalue weighted by Gasteiger charge is 2.28. The zero-order valence-corrected chi connectivity index (χ0v) is 17.5. The highest BCUT2D eigenvalue weighted by molar-refractivity contribution is 6.08. The largest absolute Gasteiger partial charge is 0.493 e. The number of hydrogen-bond acceptors (Lipinski definition) is 7. The second-order valence-electron chi connectivity index (χ2n) is 6.45. The summed E-state index contributed by atoms with van der Waals surface area (Å²) in [6.07, 6.45) is -4.58. The SMILES string of the molecule is COCCOc1cc([N+](=O)[O-])c(C(=O)Nc2cccc(C(=O)NCC(F)(F)F)c2)cc1OC. The van der Waals surface area contributed by atoms with Gasteiger partial charge in [-0.25, -0.2) is 0 Å². The molecule has 2 aromatic rings. The molecule has 0 saturated heterocycles. The Morgan fingerprint density at radius 3 is 2.39 bits per heavy atom. The number of amides is 2. The number of nitro groups is 1. The van der Waals surface area contributed by atoms with Gasteiger partial charge >= 0.3 is 6.18 Å². The van der Waals surface area contributed by atoms with Crippen LogP contribution in [0.25, 0.3) is 0 Å². The van der Waals surface area contributed by atoms with Crippen molar-refractivity contribution in [2.24, 2.45) is 0 Å². The molecule has 2 amide bonds. The molecule has 2 rings (SSSR count). The number of methoxy groups -OCH3 is 2. The molecule has 0 aliphatic rings. The van der Waals surface area contributed by atoms with Crippen molar-refractivity contribution in [1.82, 2.24) is 5.32 Å². The summed E-state index contributed by atoms with van der Waals surface area (Å²) in [6, 6.07) is 7.23. The van der Waals surface area contributed by atoms with Gasteiger partial charge in [0.2, 0.25) is 0 Å². The quantitative estimate of drug-likeness (QED) is 0.309. The first kappa shape index (κ1) is 25.4. The Balaban J connectivity index is 2.27. The van der Waals surface area contributed by atoms with Crippen LogP contribution in [0.5, 0.6) is 11.5 Å². The average molecular weight is 471 g/mol. The van der Waals surface area contributed by atoms with E-state index in [0.29, 0.717) is 0 Å². The molecule has 0 fully saturated rings. The predicted octanol–water partition coefficient (Wildman–Crippen LogP) is 3.17. The fourth-order valence-electron chi connectivity index (χ4n) is 2.61. The van der Waals surface area contributed by atoms with Crippen LogP contribution in [0.3, 0.4) is 0 Å². The lowest BCUT2D eigenvalue weighted by Gasteiger charge is -2.13. The monoisotopic (exact) mass is 471 g/mol. The number of nitrogens with one attached hydrogen (secondary N) is 2. The molecule has 2 N–H and O–H groups in total. The normalized spacial score (nSPS) is 10.9. The van der Waals surface area contributed by atoms with E-state index >= 15 is 0 Å². The van der Waals surface area contributed by atoms with Crippen molar-refractivity contribution < 1.29 is 41.9 Å². The zero-order chi connectivity index (χ0) is 24.6. The Labute approximate surface area is 185 Å². The number of halogens is 3. The molecule has 0 aliphatic carbocycles. The summed E-state index contributed by atoms with van der Waals surface area (Å²) in [6.45, 7) is -1.22. The Morgan fingerprint density at radius 2 is 1.79 bits per heavy atom. The van der Waals surface area contributed by atoms with Gasteiger partial charge in [-0.05, 0) is 18.2 Å². The number of nitro benzene ring substituents is 1. The molecule has 0 aliphatic heterocycles. The van der Waals surface area contributed by atoms with E-state index in [4.69, 9.17) is 14.2 Å². The van der Waals surface area contributed by atoms with Crippen LogP contribution in [0.15, 0.2) is 36.4 Å². The van der Waals surface area contributed by atoms with Gasteiger partial charge in [-0.1, -0.05) is 6.07 Å². The fourth-order valence-corrected chi connectivity index (χ4v) is 2.61. The minimum atomic E-state index is -4.58. The van der Waals surface area contributed by atoms with Crippen LogP contribution in [-0.2, 0) is 4.74 Å². The van der Waals surface area contributed by atoms with Crippen molar-refractivity contribution in [3.8, 4) is 11.5 Å². The van der Waals surface area contributed by atoms with Gasteiger partial charge in [-0.15, -0.1) is 0 Å². The Morgan fingerprint density at radius 1 is 1.06 bits per heavy atom. The van der Waals surface area contributed by atoms with Crippen molar-refractivity contribution in [2.75, 3.05) is 39.3 Å². The number of ether oxygens (including phenoxy) is 3. The molecule has 0 atom stereocenters. The van der Waals surface area contributed by atoms with Crippen LogP contribution < -0.4 is 20.1 Å². The number of carbonyl (C=O) groups excluding carboxylic acids is 2. The lowest BCUT2D eigenvalue weighted by Crippen LogP contribution is -2.33. The number of anilines is 1. The van der Waals surface area contributed by atoms with Gasteiger partial charge in [0.15, 0.2) is 11.5 Å². The maximum atomic E-state index is 12.7. The van der Waals surface area contributed by atoms with E-state index in [-0.39, 0.29) is 41.5 Å². The molecule has 33 heavy (non-hydrogen) atoms. The van der Waals surface area contributed by atoms with Gasteiger partial charge < -0.3 is 24.8 Å². The lowest BCUT2D eigenvalue weighted by molar-refractivity contribution is -0.385. The lowest BCUT2D eigenvalue weighted by atomic mass is 10.1. The van der Waals surface area contributed by atoms with E-state index in [9.17, 15) is 32.9 Å². The summed E-state index contributed by atoms with van der Waals surface area (Å²) in [7, 11) is 2.74. The molecule has 0 heterocycles. The minimum absolute atomic E-state index is 0.0288. The summed E-state index contributed by atoms with van der Waals surface area (Å²) in [5.74, 6) is -1.83. The van der Waals surface area contributed by atoms with Crippen LogP contribution in [-0.4, -0.2) is 56.9 Å². The Hall–Kier alpha value is -3.87. The molecule has 10 nitrogen and oxygen atoms in total. The fraction of sp³-hybridized carbons (Fsp3) is 0.300. The van der Waals surface area contributed by atoms with Gasteiger partial charge in [0.25, 0.3) is 17.5 Å². The Bertz CT molecular complexity index is 1030. The number of benzene rings is 2. The summed E-state index contributed by atoms with van der Waals surface area (Å²) in [5, 5.41) is 15.6. The molecule has 0 bridgehead atoms. The third kappa shape index (κ3) is 7.35. The first-order valence-electron chi connectivity index (χ1n) is 9.30. The molecule has 0 unspecified atom stereocenters. The second-order valence-corrected chi connectivity index (χ2v) is 6.45. The summed E-state index contributed by atoms with van der Waals surface area (Å²) in [4.78, 5) is 35.4. The van der Waals surface area contributed by atoms with Crippen molar-refractivity contribution in [2.45, 2.75) is 6.18 Å². The number of nitrogens with zero attached hydrogens (tertiary/aromatic N) is 1. The van der Waals surface area contributed by atoms with Crippen molar-refractivity contribution in [3.63, 3.8) is 0 Å². The van der Waals surface area contributed by atoms with Crippen molar-refractivity contribution in [3.05, 3.63) is 57.6 Å². The zero-order valence-electron chi connectivity index (χ0n) is 17.5. The molecule has 2 aromatic carbocycles. The van der Waals surface area contributed by atoms with Crippen LogP contribution in [0.4, 0.5) is 24.5 Å². The van der Waals surface area contributed by atoms with Crippen LogP contribution in [0.2, 0.25) is 0 Å². The molecular formula is C20H20F3N3O7. The molecule has 0 aromatic heterocycles. The van der Waals surface area contributed by atoms with Crippen molar-refractivity contribution in [1.29, 1.82) is 0 Å². The first-order valence-corrected chi connectivity index (χ1v) is 9.30. The average Bonchev–Trinajstić information content (AvgIpc) is 2.76. The standard InChI is InChI=1S/C20H20F3N3O7/c1-31-6-7-33-17-10-15(26(29)30)14(9-16(17)32-2)19(28)25-13-5-3-4-12(8-13)18(27)24-11-20(21,22)23/h3-5,8-10H,6-7,11H2,1-2H3,(H,24,27)(H,25,28). The van der Waals surface area contributed by atoms with Crippen LogP contribution >= 0.6 is 0 Å². The molecule has 13 heteroatoms. The number of rotatable bonds is 10. The van der Waals surface area contributed by atoms with E-state index in [2.05, 4.69) is 5.32 Å². The summed E-state index contributed by atoms with van der Waals surface area (Å²) >= 11 is 0. The van der Waals surface area contributed by atoms with Gasteiger partial charge in [-0.2, -0.15) is 13.2 Å². The summed E-state index contributed by atoms with van der Waals surface area (Å²) in [5.41, 5.74) is -1.04. The van der Waals surface area contributed by atoms with E-state index < -0.39 is 35.1 Å². The molecule has 0 radical (unpaired) electrons. The molecule has 0 saturated carbocycles. The highest BCUT2D eigenvalue weighted by atomic mass is 19.4. The van der Waals surface area contributed by atoms with E-state index in [1.54, 1.807) is 5.32 Å². The van der Waals surface area contributed by atoms with E-state index in [1.165, 1.54) is 32.4 Å². The van der Waals surface area contributed by atoms with Gasteiger partial charge in [0.1, 0.15) is 18.7 Å². The minimum Gasteiger partial charge on any atom is -0.493 e. The smallest absolute Gasteiger partial charge is 0.405 e. The van der Waals surface area contributed by atoms with Crippen LogP contribution in [0.1, 0.15) is 20.7 Å².